The highest BCUT2D eigenvalue weighted by Crippen LogP contribution is 2.38. The van der Waals surface area contributed by atoms with Crippen molar-refractivity contribution in [3.63, 3.8) is 0 Å². The first kappa shape index (κ1) is 25.0. The van der Waals surface area contributed by atoms with Crippen LogP contribution in [0.3, 0.4) is 0 Å². The summed E-state index contributed by atoms with van der Waals surface area (Å²) in [6.45, 7) is 0. The van der Waals surface area contributed by atoms with Gasteiger partial charge in [-0.3, -0.25) is 9.59 Å². The number of anilines is 1. The number of hydrogen-bond donors (Lipinski definition) is 1. The molecule has 3 aromatic rings. The highest BCUT2D eigenvalue weighted by Gasteiger charge is 2.39. The predicted octanol–water partition coefficient (Wildman–Crippen LogP) is 5.67. The number of nitrogens with zero attached hydrogens (tertiary/aromatic N) is 3. The van der Waals surface area contributed by atoms with Crippen LogP contribution in [0.2, 0.25) is 5.02 Å². The largest absolute Gasteiger partial charge is 0.497 e. The van der Waals surface area contributed by atoms with Crippen LogP contribution < -0.4 is 10.1 Å². The molecule has 0 saturated carbocycles. The van der Waals surface area contributed by atoms with E-state index in [1.54, 1.807) is 60.6 Å². The van der Waals surface area contributed by atoms with E-state index in [-0.39, 0.29) is 24.2 Å². The van der Waals surface area contributed by atoms with Crippen molar-refractivity contribution in [3.05, 3.63) is 94.8 Å². The Morgan fingerprint density at radius 1 is 1.16 bits per heavy atom. The standard InChI is InChI=1S/C27H22ClFN4O3S/c1-36-21-4-2-3-20(13-21)30-25(34)15-24-26(35)31-27(37-24)33-23(17-7-11-19(29)12-8-17)14-22(32-33)16-5-9-18(28)10-6-16/h2-13,23-24H,14-15H2,1H3,(H,30,34)/t23-,24-/m1/s1. The van der Waals surface area contributed by atoms with Gasteiger partial charge in [-0.25, -0.2) is 9.40 Å². The first-order valence-electron chi connectivity index (χ1n) is 11.5. The van der Waals surface area contributed by atoms with Crippen LogP contribution >= 0.6 is 23.4 Å². The van der Waals surface area contributed by atoms with Gasteiger partial charge in [-0.15, -0.1) is 0 Å². The molecule has 2 aliphatic rings. The van der Waals surface area contributed by atoms with Crippen LogP contribution in [-0.2, 0) is 9.59 Å². The molecule has 1 N–H and O–H groups in total. The maximum absolute atomic E-state index is 13.6. The third-order valence-corrected chi connectivity index (χ3v) is 7.39. The molecule has 2 amide bonds. The molecule has 188 valence electrons. The quantitative estimate of drug-likeness (QED) is 0.439. The normalized spacial score (nSPS) is 19.0. The Kier molecular flexibility index (Phi) is 7.25. The molecular weight excluding hydrogens is 515 g/mol. The number of amidine groups is 1. The monoisotopic (exact) mass is 536 g/mol. The van der Waals surface area contributed by atoms with Gasteiger partial charge in [0.15, 0.2) is 5.17 Å². The van der Waals surface area contributed by atoms with Crippen LogP contribution in [0.5, 0.6) is 5.75 Å². The number of hydrogen-bond acceptors (Lipinski definition) is 6. The fourth-order valence-corrected chi connectivity index (χ4v) is 5.32. The van der Waals surface area contributed by atoms with Crippen molar-refractivity contribution in [3.8, 4) is 5.75 Å². The van der Waals surface area contributed by atoms with Gasteiger partial charge in [0, 0.05) is 29.6 Å². The van der Waals surface area contributed by atoms with Crippen molar-refractivity contribution in [2.45, 2.75) is 24.1 Å². The molecule has 2 atom stereocenters. The molecule has 3 aromatic carbocycles. The van der Waals surface area contributed by atoms with E-state index in [0.717, 1.165) is 16.8 Å². The lowest BCUT2D eigenvalue weighted by molar-refractivity contribution is -0.121. The molecule has 5 rings (SSSR count). The average molecular weight is 537 g/mol. The van der Waals surface area contributed by atoms with Crippen LogP contribution in [-0.4, -0.2) is 40.1 Å². The van der Waals surface area contributed by atoms with Gasteiger partial charge in [0.1, 0.15) is 16.8 Å². The molecule has 0 unspecified atom stereocenters. The number of rotatable bonds is 6. The highest BCUT2D eigenvalue weighted by molar-refractivity contribution is 8.15. The summed E-state index contributed by atoms with van der Waals surface area (Å²) in [5.41, 5.74) is 3.10. The SMILES string of the molecule is COc1cccc(NC(=O)C[C@H]2SC(N3N=C(c4ccc(Cl)cc4)C[C@@H]3c3ccc(F)cc3)=NC2=O)c1. The van der Waals surface area contributed by atoms with Crippen molar-refractivity contribution < 1.29 is 18.7 Å². The van der Waals surface area contributed by atoms with Gasteiger partial charge in [0.05, 0.1) is 18.9 Å². The van der Waals surface area contributed by atoms with Crippen molar-refractivity contribution in [2.24, 2.45) is 10.1 Å². The maximum atomic E-state index is 13.6. The number of methoxy groups -OCH3 is 1. The Balaban J connectivity index is 1.34. The molecule has 2 heterocycles. The molecule has 10 heteroatoms. The van der Waals surface area contributed by atoms with Gasteiger partial charge in [-0.05, 0) is 47.5 Å². The molecule has 0 spiro atoms. The van der Waals surface area contributed by atoms with Gasteiger partial charge in [0.25, 0.3) is 5.91 Å². The third-order valence-electron chi connectivity index (χ3n) is 5.99. The van der Waals surface area contributed by atoms with Crippen molar-refractivity contribution in [1.82, 2.24) is 5.01 Å². The summed E-state index contributed by atoms with van der Waals surface area (Å²) in [6.07, 6.45) is 0.485. The zero-order valence-electron chi connectivity index (χ0n) is 19.7. The van der Waals surface area contributed by atoms with E-state index in [1.807, 2.05) is 12.1 Å². The van der Waals surface area contributed by atoms with Gasteiger partial charge >= 0.3 is 0 Å². The van der Waals surface area contributed by atoms with Crippen LogP contribution in [0, 0.1) is 5.82 Å². The minimum Gasteiger partial charge on any atom is -0.497 e. The second-order valence-corrected chi connectivity index (χ2v) is 10.1. The number of nitrogens with one attached hydrogen (secondary N) is 1. The number of benzene rings is 3. The Morgan fingerprint density at radius 3 is 2.65 bits per heavy atom. The van der Waals surface area contributed by atoms with Crippen LogP contribution in [0.4, 0.5) is 10.1 Å². The number of hydrazone groups is 1. The number of thioether (sulfide) groups is 1. The maximum Gasteiger partial charge on any atom is 0.262 e. The lowest BCUT2D eigenvalue weighted by atomic mass is 9.98. The van der Waals surface area contributed by atoms with Crippen LogP contribution in [0.15, 0.2) is 82.9 Å². The summed E-state index contributed by atoms with van der Waals surface area (Å²) in [4.78, 5) is 29.7. The molecule has 7 nitrogen and oxygen atoms in total. The molecule has 0 aliphatic carbocycles. The van der Waals surface area contributed by atoms with Crippen LogP contribution in [0.25, 0.3) is 0 Å². The van der Waals surface area contributed by atoms with Gasteiger partial charge in [-0.2, -0.15) is 10.1 Å². The van der Waals surface area contributed by atoms with Crippen molar-refractivity contribution in [2.75, 3.05) is 12.4 Å². The summed E-state index contributed by atoms with van der Waals surface area (Å²) in [7, 11) is 1.55. The Bertz CT molecular complexity index is 1400. The van der Waals surface area contributed by atoms with E-state index < -0.39 is 11.2 Å². The number of carbonyl (C=O) groups is 2. The highest BCUT2D eigenvalue weighted by atomic mass is 35.5. The number of carbonyl (C=O) groups excluding carboxylic acids is 2. The average Bonchev–Trinajstić information content (AvgIpc) is 3.49. The zero-order chi connectivity index (χ0) is 25.9. The second kappa shape index (κ2) is 10.7. The van der Waals surface area contributed by atoms with Gasteiger partial charge < -0.3 is 10.1 Å². The van der Waals surface area contributed by atoms with Gasteiger partial charge in [-0.1, -0.05) is 53.7 Å². The number of aliphatic imine (C=N–C) groups is 1. The zero-order valence-corrected chi connectivity index (χ0v) is 21.3. The summed E-state index contributed by atoms with van der Waals surface area (Å²) in [5.74, 6) is -0.423. The molecule has 0 saturated heterocycles. The summed E-state index contributed by atoms with van der Waals surface area (Å²) < 4.78 is 18.8. The molecule has 0 fully saturated rings. The van der Waals surface area contributed by atoms with Gasteiger partial charge in [0.2, 0.25) is 5.91 Å². The smallest absolute Gasteiger partial charge is 0.262 e. The van der Waals surface area contributed by atoms with E-state index in [0.29, 0.717) is 28.0 Å². The second-order valence-electron chi connectivity index (χ2n) is 8.49. The fraction of sp³-hybridized carbons (Fsp3) is 0.185. The minimum absolute atomic E-state index is 0.0451. The van der Waals surface area contributed by atoms with Crippen molar-refractivity contribution >= 4 is 51.7 Å². The number of halogens is 2. The minimum atomic E-state index is -0.677. The third kappa shape index (κ3) is 5.68. The lowest BCUT2D eigenvalue weighted by Gasteiger charge is -2.23. The van der Waals surface area contributed by atoms with E-state index in [9.17, 15) is 14.0 Å². The molecule has 2 aliphatic heterocycles. The fourth-order valence-electron chi connectivity index (χ4n) is 4.13. The molecule has 0 aromatic heterocycles. The Morgan fingerprint density at radius 2 is 1.92 bits per heavy atom. The van der Waals surface area contributed by atoms with E-state index in [2.05, 4.69) is 10.3 Å². The summed E-state index contributed by atoms with van der Waals surface area (Å²) in [6, 6.07) is 20.3. The first-order chi connectivity index (χ1) is 17.9. The van der Waals surface area contributed by atoms with Crippen molar-refractivity contribution in [1.29, 1.82) is 0 Å². The van der Waals surface area contributed by atoms with E-state index in [1.165, 1.54) is 23.9 Å². The van der Waals surface area contributed by atoms with E-state index >= 15 is 0 Å². The first-order valence-corrected chi connectivity index (χ1v) is 12.8. The predicted molar refractivity (Wildman–Crippen MR) is 144 cm³/mol. The van der Waals surface area contributed by atoms with E-state index in [4.69, 9.17) is 21.4 Å². The Labute approximate surface area is 222 Å². The molecule has 0 bridgehead atoms. The summed E-state index contributed by atoms with van der Waals surface area (Å²) >= 11 is 7.25. The topological polar surface area (TPSA) is 83.4 Å². The van der Waals surface area contributed by atoms with Crippen LogP contribution in [0.1, 0.15) is 30.0 Å². The summed E-state index contributed by atoms with van der Waals surface area (Å²) in [5, 5.41) is 9.62. The number of amides is 2. The molecule has 0 radical (unpaired) electrons. The number of ether oxygens (including phenoxy) is 1. The lowest BCUT2D eigenvalue weighted by Crippen LogP contribution is -2.25. The molecular formula is C27H22ClFN4O3S. The Hall–Kier alpha value is -3.69. The molecule has 37 heavy (non-hydrogen) atoms.